The van der Waals surface area contributed by atoms with Gasteiger partial charge in [-0.1, -0.05) is 69.8 Å². The van der Waals surface area contributed by atoms with Crippen LogP contribution in [-0.2, 0) is 4.79 Å². The van der Waals surface area contributed by atoms with E-state index >= 15 is 0 Å². The largest absolute Gasteiger partial charge is 0.481 e. The van der Waals surface area contributed by atoms with Crippen molar-refractivity contribution in [3.63, 3.8) is 0 Å². The first kappa shape index (κ1) is 22.9. The van der Waals surface area contributed by atoms with E-state index < -0.39 is 12.1 Å². The Balaban J connectivity index is 2.15. The summed E-state index contributed by atoms with van der Waals surface area (Å²) >= 11 is 0. The first-order valence-electron chi connectivity index (χ1n) is 10.5. The Morgan fingerprint density at radius 1 is 1.00 bits per heavy atom. The highest BCUT2D eigenvalue weighted by atomic mass is 16.4. The normalized spacial score (nSPS) is 22.6. The van der Waals surface area contributed by atoms with Gasteiger partial charge in [0.1, 0.15) is 0 Å². The zero-order chi connectivity index (χ0) is 19.2. The Morgan fingerprint density at radius 3 is 2.38 bits per heavy atom. The zero-order valence-electron chi connectivity index (χ0n) is 16.4. The maximum Gasteiger partial charge on any atom is 0.303 e. The fourth-order valence-corrected chi connectivity index (χ4v) is 3.57. The molecule has 3 N–H and O–H groups in total. The van der Waals surface area contributed by atoms with Crippen molar-refractivity contribution in [2.45, 2.75) is 96.2 Å². The van der Waals surface area contributed by atoms with Crippen molar-refractivity contribution in [1.29, 1.82) is 0 Å². The van der Waals surface area contributed by atoms with E-state index in [0.717, 1.165) is 25.7 Å². The van der Waals surface area contributed by atoms with Gasteiger partial charge in [-0.15, -0.1) is 0 Å². The van der Waals surface area contributed by atoms with E-state index in [1.165, 1.54) is 32.1 Å². The van der Waals surface area contributed by atoms with Gasteiger partial charge >= 0.3 is 5.97 Å². The van der Waals surface area contributed by atoms with Crippen molar-refractivity contribution in [1.82, 2.24) is 0 Å². The molecule has 0 aromatic carbocycles. The maximum atomic E-state index is 10.5. The first-order valence-corrected chi connectivity index (χ1v) is 10.5. The van der Waals surface area contributed by atoms with Gasteiger partial charge in [-0.3, -0.25) is 4.79 Å². The molecule has 0 spiro atoms. The van der Waals surface area contributed by atoms with Crippen LogP contribution in [0.4, 0.5) is 0 Å². The van der Waals surface area contributed by atoms with Gasteiger partial charge in [-0.2, -0.15) is 0 Å². The molecule has 4 atom stereocenters. The molecule has 1 aliphatic rings. The molecular formula is C22H38O4. The summed E-state index contributed by atoms with van der Waals surface area (Å²) in [5, 5.41) is 28.8. The molecule has 0 amide bonds. The van der Waals surface area contributed by atoms with Crippen molar-refractivity contribution in [2.24, 2.45) is 11.8 Å². The summed E-state index contributed by atoms with van der Waals surface area (Å²) in [6, 6.07) is 0. The molecule has 0 radical (unpaired) electrons. The summed E-state index contributed by atoms with van der Waals surface area (Å²) in [7, 11) is 0. The number of carbonyl (C=O) groups is 1. The highest BCUT2D eigenvalue weighted by Crippen LogP contribution is 2.39. The smallest absolute Gasteiger partial charge is 0.303 e. The Kier molecular flexibility index (Phi) is 12.3. The molecule has 1 fully saturated rings. The average molecular weight is 367 g/mol. The highest BCUT2D eigenvalue weighted by Gasteiger charge is 2.33. The predicted octanol–water partition coefficient (Wildman–Crippen LogP) is 4.85. The second-order valence-electron chi connectivity index (χ2n) is 7.65. The van der Waals surface area contributed by atoms with Crippen LogP contribution in [0.5, 0.6) is 0 Å². The Morgan fingerprint density at radius 2 is 1.73 bits per heavy atom. The third-order valence-corrected chi connectivity index (χ3v) is 5.42. The molecule has 0 bridgehead atoms. The molecule has 4 heteroatoms. The van der Waals surface area contributed by atoms with Gasteiger partial charge in [0.05, 0.1) is 12.2 Å². The molecule has 1 aliphatic carbocycles. The van der Waals surface area contributed by atoms with E-state index in [0.29, 0.717) is 18.8 Å². The van der Waals surface area contributed by atoms with Gasteiger partial charge < -0.3 is 15.3 Å². The van der Waals surface area contributed by atoms with E-state index in [4.69, 9.17) is 5.11 Å². The fraction of sp³-hybridized carbons (Fsp3) is 0.773. The molecule has 0 saturated heterocycles. The minimum atomic E-state index is -0.799. The number of rotatable bonds is 15. The van der Waals surface area contributed by atoms with E-state index in [2.05, 4.69) is 13.0 Å². The number of carboxylic acid groups (broad SMARTS) is 1. The lowest BCUT2D eigenvalue weighted by atomic mass is 9.69. The number of hydrogen-bond acceptors (Lipinski definition) is 3. The molecule has 0 heterocycles. The zero-order valence-corrected chi connectivity index (χ0v) is 16.4. The number of carboxylic acids is 1. The number of hydrogen-bond donors (Lipinski definition) is 3. The van der Waals surface area contributed by atoms with Gasteiger partial charge in [0.2, 0.25) is 0 Å². The van der Waals surface area contributed by atoms with Crippen molar-refractivity contribution in [3.8, 4) is 0 Å². The van der Waals surface area contributed by atoms with Crippen molar-refractivity contribution < 1.29 is 20.1 Å². The molecular weight excluding hydrogens is 328 g/mol. The lowest BCUT2D eigenvalue weighted by Gasteiger charge is -2.38. The maximum absolute atomic E-state index is 10.5. The molecule has 1 saturated carbocycles. The summed E-state index contributed by atoms with van der Waals surface area (Å²) in [6.45, 7) is 2.22. The van der Waals surface area contributed by atoms with Crippen molar-refractivity contribution in [2.75, 3.05) is 0 Å². The third-order valence-electron chi connectivity index (χ3n) is 5.42. The number of aliphatic hydroxyl groups is 2. The van der Waals surface area contributed by atoms with Crippen LogP contribution in [-0.4, -0.2) is 33.5 Å². The Hall–Kier alpha value is -1.13. The number of aliphatic hydroxyl groups excluding tert-OH is 2. The quantitative estimate of drug-likeness (QED) is 0.286. The minimum absolute atomic E-state index is 0.128. The van der Waals surface area contributed by atoms with Gasteiger partial charge in [-0.25, -0.2) is 0 Å². The monoisotopic (exact) mass is 366 g/mol. The van der Waals surface area contributed by atoms with Crippen LogP contribution in [0.1, 0.15) is 84.0 Å². The number of aliphatic carboxylic acids is 1. The molecule has 1 rings (SSSR count). The van der Waals surface area contributed by atoms with Crippen LogP contribution in [0, 0.1) is 11.8 Å². The van der Waals surface area contributed by atoms with Gasteiger partial charge in [0.15, 0.2) is 0 Å². The van der Waals surface area contributed by atoms with Crippen LogP contribution in [0.25, 0.3) is 0 Å². The van der Waals surface area contributed by atoms with Crippen LogP contribution < -0.4 is 0 Å². The van der Waals surface area contributed by atoms with E-state index in [-0.39, 0.29) is 18.4 Å². The first-order chi connectivity index (χ1) is 12.5. The van der Waals surface area contributed by atoms with Crippen LogP contribution in [0.2, 0.25) is 0 Å². The SMILES string of the molecule is CCCCCCCCC(O)/C=C/C=C/C1CCC1C(O)CCCC(=O)O. The second kappa shape index (κ2) is 14.0. The second-order valence-corrected chi connectivity index (χ2v) is 7.65. The average Bonchev–Trinajstić information content (AvgIpc) is 2.56. The van der Waals surface area contributed by atoms with Gasteiger partial charge in [0, 0.05) is 6.42 Å². The number of unbranched alkanes of at least 4 members (excludes halogenated alkanes) is 5. The molecule has 0 aromatic heterocycles. The molecule has 26 heavy (non-hydrogen) atoms. The van der Waals surface area contributed by atoms with Crippen molar-refractivity contribution in [3.05, 3.63) is 24.3 Å². The lowest BCUT2D eigenvalue weighted by molar-refractivity contribution is -0.137. The van der Waals surface area contributed by atoms with Gasteiger partial charge in [-0.05, 0) is 43.9 Å². The van der Waals surface area contributed by atoms with Crippen LogP contribution >= 0.6 is 0 Å². The summed E-state index contributed by atoms with van der Waals surface area (Å²) < 4.78 is 0. The Labute approximate surface area is 159 Å². The number of allylic oxidation sites excluding steroid dienone is 3. The molecule has 4 unspecified atom stereocenters. The summed E-state index contributed by atoms with van der Waals surface area (Å²) in [5.41, 5.74) is 0. The molecule has 0 aromatic rings. The predicted molar refractivity (Wildman–Crippen MR) is 106 cm³/mol. The fourth-order valence-electron chi connectivity index (χ4n) is 3.57. The van der Waals surface area contributed by atoms with Crippen molar-refractivity contribution >= 4 is 5.97 Å². The van der Waals surface area contributed by atoms with E-state index in [1.807, 2.05) is 18.2 Å². The topological polar surface area (TPSA) is 77.8 Å². The van der Waals surface area contributed by atoms with Crippen LogP contribution in [0.15, 0.2) is 24.3 Å². The molecule has 150 valence electrons. The standard InChI is InChI=1S/C22H38O4/c1-2-3-4-5-6-7-12-19(23)13-9-8-11-18-16-17-20(18)21(24)14-10-15-22(25)26/h8-9,11,13,18-21,23-24H,2-7,10,12,14-17H2,1H3,(H,25,26)/b11-8+,13-9+. The minimum Gasteiger partial charge on any atom is -0.481 e. The summed E-state index contributed by atoms with van der Waals surface area (Å²) in [4.78, 5) is 10.5. The van der Waals surface area contributed by atoms with Gasteiger partial charge in [0.25, 0.3) is 0 Å². The van der Waals surface area contributed by atoms with E-state index in [1.54, 1.807) is 0 Å². The summed E-state index contributed by atoms with van der Waals surface area (Å²) in [6.07, 6.45) is 18.6. The third kappa shape index (κ3) is 10.1. The molecule has 4 nitrogen and oxygen atoms in total. The summed E-state index contributed by atoms with van der Waals surface area (Å²) in [5.74, 6) is -0.177. The Bertz CT molecular complexity index is 430. The van der Waals surface area contributed by atoms with Crippen LogP contribution in [0.3, 0.4) is 0 Å². The van der Waals surface area contributed by atoms with E-state index in [9.17, 15) is 15.0 Å². The lowest BCUT2D eigenvalue weighted by Crippen LogP contribution is -2.35. The molecule has 0 aliphatic heterocycles. The highest BCUT2D eigenvalue weighted by molar-refractivity contribution is 5.66.